The number of rotatable bonds is 5. The van der Waals surface area contributed by atoms with Gasteiger partial charge < -0.3 is 0 Å². The minimum Gasteiger partial charge on any atom is -0.270 e. The van der Waals surface area contributed by atoms with Crippen molar-refractivity contribution >= 4 is 40.9 Å². The Kier molecular flexibility index (Phi) is 6.36. The quantitative estimate of drug-likeness (QED) is 0.487. The molecular weight excluding hydrogens is 331 g/mol. The maximum absolute atomic E-state index is 12.2. The third-order valence-electron chi connectivity index (χ3n) is 3.26. The highest BCUT2D eigenvalue weighted by Crippen LogP contribution is 2.23. The Labute approximate surface area is 141 Å². The fraction of sp³-hybridized carbons (Fsp3) is 0.533. The van der Waals surface area contributed by atoms with Crippen LogP contribution in [0.3, 0.4) is 0 Å². The van der Waals surface area contributed by atoms with Crippen LogP contribution in [-0.4, -0.2) is 27.7 Å². The lowest BCUT2D eigenvalue weighted by molar-refractivity contribution is 0.0812. The average Bonchev–Trinajstić information content (AvgIpc) is 2.45. The summed E-state index contributed by atoms with van der Waals surface area (Å²) in [7, 11) is 0. The highest BCUT2D eigenvalue weighted by atomic mass is 35.5. The SMILES string of the molecule is CC(C)(C)c1ccc(C(=O)NN(Cl)C(C)(CCl)CCl)cc1. The first kappa shape index (κ1) is 18.6. The molecule has 0 spiro atoms. The fourth-order valence-electron chi connectivity index (χ4n) is 1.55. The van der Waals surface area contributed by atoms with E-state index in [1.165, 1.54) is 0 Å². The van der Waals surface area contributed by atoms with Crippen molar-refractivity contribution in [3.05, 3.63) is 35.4 Å². The Morgan fingerprint density at radius 3 is 1.95 bits per heavy atom. The van der Waals surface area contributed by atoms with Gasteiger partial charge in [0.1, 0.15) is 0 Å². The van der Waals surface area contributed by atoms with E-state index in [0.29, 0.717) is 5.56 Å². The van der Waals surface area contributed by atoms with Gasteiger partial charge in [-0.3, -0.25) is 10.2 Å². The zero-order chi connectivity index (χ0) is 16.3. The molecule has 0 atom stereocenters. The number of nitrogens with zero attached hydrogens (tertiary/aromatic N) is 1. The molecule has 21 heavy (non-hydrogen) atoms. The summed E-state index contributed by atoms with van der Waals surface area (Å²) in [4.78, 5) is 12.2. The van der Waals surface area contributed by atoms with Crippen LogP contribution in [0.25, 0.3) is 0 Å². The van der Waals surface area contributed by atoms with Crippen LogP contribution in [0, 0.1) is 0 Å². The summed E-state index contributed by atoms with van der Waals surface area (Å²) in [6.45, 7) is 8.13. The molecule has 0 radical (unpaired) electrons. The van der Waals surface area contributed by atoms with Crippen molar-refractivity contribution in [2.75, 3.05) is 11.8 Å². The summed E-state index contributed by atoms with van der Waals surface area (Å²) in [5.74, 6) is 0.0962. The summed E-state index contributed by atoms with van der Waals surface area (Å²) in [5, 5.41) is 0. The van der Waals surface area contributed by atoms with Crippen molar-refractivity contribution in [1.29, 1.82) is 0 Å². The van der Waals surface area contributed by atoms with Gasteiger partial charge in [-0.1, -0.05) is 32.9 Å². The van der Waals surface area contributed by atoms with E-state index in [1.807, 2.05) is 12.1 Å². The van der Waals surface area contributed by atoms with E-state index in [9.17, 15) is 4.79 Å². The van der Waals surface area contributed by atoms with Gasteiger partial charge in [0.15, 0.2) is 0 Å². The van der Waals surface area contributed by atoms with Crippen LogP contribution in [0.15, 0.2) is 24.3 Å². The standard InChI is InChI=1S/C15H21Cl3N2O/c1-14(2,3)12-7-5-11(6-8-12)13(21)19-20(18)15(4,9-16)10-17/h5-8H,9-10H2,1-4H3,(H,19,21). The molecular formula is C15H21Cl3N2O. The van der Waals surface area contributed by atoms with E-state index in [1.54, 1.807) is 19.1 Å². The maximum atomic E-state index is 12.2. The van der Waals surface area contributed by atoms with Crippen molar-refractivity contribution in [2.45, 2.75) is 38.6 Å². The Morgan fingerprint density at radius 1 is 1.10 bits per heavy atom. The van der Waals surface area contributed by atoms with Crippen LogP contribution in [0.2, 0.25) is 0 Å². The van der Waals surface area contributed by atoms with Crippen molar-refractivity contribution in [2.24, 2.45) is 0 Å². The van der Waals surface area contributed by atoms with Crippen LogP contribution in [0.4, 0.5) is 0 Å². The molecule has 0 saturated carbocycles. The normalized spacial score (nSPS) is 12.6. The van der Waals surface area contributed by atoms with Crippen LogP contribution in [0.1, 0.15) is 43.6 Å². The van der Waals surface area contributed by atoms with Gasteiger partial charge in [0, 0.05) is 29.1 Å². The topological polar surface area (TPSA) is 32.3 Å². The van der Waals surface area contributed by atoms with E-state index < -0.39 is 5.54 Å². The molecule has 118 valence electrons. The van der Waals surface area contributed by atoms with E-state index in [4.69, 9.17) is 35.0 Å². The maximum Gasteiger partial charge on any atom is 0.266 e. The zero-order valence-corrected chi connectivity index (χ0v) is 15.0. The van der Waals surface area contributed by atoms with Crippen LogP contribution in [0.5, 0.6) is 0 Å². The van der Waals surface area contributed by atoms with Gasteiger partial charge in [0.25, 0.3) is 5.91 Å². The molecule has 1 aromatic rings. The second-order valence-electron chi connectivity index (χ2n) is 6.31. The third-order valence-corrected chi connectivity index (χ3v) is 4.91. The molecule has 0 heterocycles. The number of hydrogen-bond donors (Lipinski definition) is 1. The molecule has 0 fully saturated rings. The van der Waals surface area contributed by atoms with Gasteiger partial charge in [-0.15, -0.1) is 27.7 Å². The Hall–Kier alpha value is -0.480. The highest BCUT2D eigenvalue weighted by Gasteiger charge is 2.31. The number of halogens is 3. The first-order chi connectivity index (χ1) is 9.64. The Balaban J connectivity index is 2.81. The van der Waals surface area contributed by atoms with Crippen LogP contribution < -0.4 is 5.43 Å². The van der Waals surface area contributed by atoms with Gasteiger partial charge in [0.05, 0.1) is 5.54 Å². The molecule has 0 aliphatic heterocycles. The molecule has 6 heteroatoms. The van der Waals surface area contributed by atoms with E-state index >= 15 is 0 Å². The van der Waals surface area contributed by atoms with Crippen molar-refractivity contribution < 1.29 is 4.79 Å². The minimum absolute atomic E-state index is 0.0450. The van der Waals surface area contributed by atoms with Crippen LogP contribution in [-0.2, 0) is 5.41 Å². The molecule has 0 unspecified atom stereocenters. The molecule has 1 aromatic carbocycles. The number of nitrogens with one attached hydrogen (secondary N) is 1. The molecule has 0 aromatic heterocycles. The van der Waals surface area contributed by atoms with Gasteiger partial charge in [-0.25, -0.2) is 0 Å². The van der Waals surface area contributed by atoms with Gasteiger partial charge in [-0.05, 0) is 30.0 Å². The largest absolute Gasteiger partial charge is 0.270 e. The predicted molar refractivity (Wildman–Crippen MR) is 90.1 cm³/mol. The lowest BCUT2D eigenvalue weighted by atomic mass is 9.87. The number of alkyl halides is 2. The first-order valence-corrected chi connectivity index (χ1v) is 8.04. The lowest BCUT2D eigenvalue weighted by Gasteiger charge is -2.32. The number of benzene rings is 1. The van der Waals surface area contributed by atoms with Crippen molar-refractivity contribution in [3.63, 3.8) is 0 Å². The first-order valence-electron chi connectivity index (χ1n) is 6.63. The smallest absolute Gasteiger partial charge is 0.266 e. The second kappa shape index (κ2) is 7.19. The second-order valence-corrected chi connectivity index (χ2v) is 7.19. The zero-order valence-electron chi connectivity index (χ0n) is 12.7. The highest BCUT2D eigenvalue weighted by molar-refractivity contribution is 6.23. The minimum atomic E-state index is -0.717. The Morgan fingerprint density at radius 2 is 1.57 bits per heavy atom. The summed E-state index contributed by atoms with van der Waals surface area (Å²) < 4.78 is 1.15. The summed E-state index contributed by atoms with van der Waals surface area (Å²) >= 11 is 17.8. The number of amides is 1. The molecule has 0 aliphatic rings. The summed E-state index contributed by atoms with van der Waals surface area (Å²) in [6, 6.07) is 7.43. The molecule has 1 amide bonds. The molecule has 0 saturated heterocycles. The monoisotopic (exact) mass is 350 g/mol. The third kappa shape index (κ3) is 4.75. The molecule has 0 bridgehead atoms. The molecule has 1 N–H and O–H groups in total. The van der Waals surface area contributed by atoms with Crippen molar-refractivity contribution in [3.8, 4) is 0 Å². The van der Waals surface area contributed by atoms with E-state index in [0.717, 1.165) is 10.1 Å². The number of hydrazine groups is 1. The summed E-state index contributed by atoms with van der Waals surface area (Å²) in [6.07, 6.45) is 0. The number of carbonyl (C=O) groups is 1. The molecule has 0 aliphatic carbocycles. The Bertz CT molecular complexity index is 479. The number of carbonyl (C=O) groups excluding carboxylic acids is 1. The molecule has 3 nitrogen and oxygen atoms in total. The van der Waals surface area contributed by atoms with E-state index in [-0.39, 0.29) is 23.1 Å². The molecule has 1 rings (SSSR count). The summed E-state index contributed by atoms with van der Waals surface area (Å²) in [5.41, 5.74) is 3.60. The average molecular weight is 352 g/mol. The number of hydrogen-bond acceptors (Lipinski definition) is 2. The van der Waals surface area contributed by atoms with Gasteiger partial charge in [0.2, 0.25) is 0 Å². The predicted octanol–water partition coefficient (Wildman–Crippen LogP) is 4.32. The van der Waals surface area contributed by atoms with Crippen LogP contribution >= 0.6 is 35.0 Å². The fourth-order valence-corrected chi connectivity index (χ4v) is 2.39. The van der Waals surface area contributed by atoms with E-state index in [2.05, 4.69) is 26.2 Å². The lowest BCUT2D eigenvalue weighted by Crippen LogP contribution is -2.52. The van der Waals surface area contributed by atoms with Crippen molar-refractivity contribution in [1.82, 2.24) is 9.95 Å². The van der Waals surface area contributed by atoms with Gasteiger partial charge >= 0.3 is 0 Å². The van der Waals surface area contributed by atoms with Gasteiger partial charge in [-0.2, -0.15) is 0 Å².